The van der Waals surface area contributed by atoms with Gasteiger partial charge in [-0.15, -0.1) is 0 Å². The molecule has 2 aliphatic rings. The largest absolute Gasteiger partial charge is 0.379 e. The lowest BCUT2D eigenvalue weighted by atomic mass is 10.2. The van der Waals surface area contributed by atoms with Crippen molar-refractivity contribution in [3.8, 4) is 0 Å². The van der Waals surface area contributed by atoms with Crippen molar-refractivity contribution >= 4 is 29.2 Å². The summed E-state index contributed by atoms with van der Waals surface area (Å²) < 4.78 is 8.62. The maximum absolute atomic E-state index is 6.37. The van der Waals surface area contributed by atoms with Gasteiger partial charge in [0.2, 0.25) is 0 Å². The lowest BCUT2D eigenvalue weighted by Gasteiger charge is -2.36. The number of ether oxygens (including phenoxy) is 1. The maximum atomic E-state index is 6.37. The van der Waals surface area contributed by atoms with Gasteiger partial charge in [-0.05, 0) is 24.6 Å². The van der Waals surface area contributed by atoms with Crippen LogP contribution in [-0.2, 0) is 4.74 Å². The Morgan fingerprint density at radius 1 is 1.27 bits per heavy atom. The van der Waals surface area contributed by atoms with E-state index in [1.54, 1.807) is 0 Å². The molecule has 122 valence electrons. The van der Waals surface area contributed by atoms with Crippen LogP contribution in [0.2, 0.25) is 5.02 Å². The Bertz CT molecular complexity index is 490. The topological polar surface area (TPSA) is 27.7 Å². The third-order valence-corrected chi connectivity index (χ3v) is 5.48. The summed E-state index contributed by atoms with van der Waals surface area (Å²) in [5.41, 5.74) is 2.39. The first-order valence-electron chi connectivity index (χ1n) is 7.92. The Hall–Kier alpha value is -0.460. The monoisotopic (exact) mass is 341 g/mol. The first kappa shape index (κ1) is 16.4. The maximum Gasteiger partial charge on any atom is 0.0660 e. The van der Waals surface area contributed by atoms with Crippen molar-refractivity contribution < 1.29 is 4.74 Å². The number of rotatable bonds is 6. The van der Waals surface area contributed by atoms with E-state index in [0.717, 1.165) is 57.5 Å². The van der Waals surface area contributed by atoms with E-state index in [-0.39, 0.29) is 0 Å². The van der Waals surface area contributed by atoms with E-state index in [1.165, 1.54) is 11.3 Å². The zero-order chi connectivity index (χ0) is 15.4. The second-order valence-corrected chi connectivity index (χ2v) is 7.55. The van der Waals surface area contributed by atoms with E-state index < -0.39 is 0 Å². The van der Waals surface area contributed by atoms with Crippen LogP contribution in [0.4, 0.5) is 5.69 Å². The summed E-state index contributed by atoms with van der Waals surface area (Å²) in [5, 5.41) is 1.52. The minimum absolute atomic E-state index is 0.653. The smallest absolute Gasteiger partial charge is 0.0660 e. The molecule has 1 aromatic rings. The van der Waals surface area contributed by atoms with E-state index in [1.807, 2.05) is 11.9 Å². The second-order valence-electron chi connectivity index (χ2n) is 5.96. The molecule has 3 rings (SSSR count). The van der Waals surface area contributed by atoms with Crippen molar-refractivity contribution in [2.75, 3.05) is 57.4 Å². The summed E-state index contributed by atoms with van der Waals surface area (Å²) in [7, 11) is 0. The minimum Gasteiger partial charge on any atom is -0.379 e. The van der Waals surface area contributed by atoms with Crippen LogP contribution in [0.25, 0.3) is 0 Å². The molecule has 2 fully saturated rings. The van der Waals surface area contributed by atoms with Crippen LogP contribution in [0.15, 0.2) is 18.2 Å². The first-order chi connectivity index (χ1) is 10.7. The highest BCUT2D eigenvalue weighted by atomic mass is 35.5. The summed E-state index contributed by atoms with van der Waals surface area (Å²) in [6.45, 7) is 10.3. The number of aryl methyl sites for hydroxylation is 1. The van der Waals surface area contributed by atoms with Crippen LogP contribution in [0, 0.1) is 6.92 Å². The molecule has 0 saturated carbocycles. The number of halogens is 1. The number of anilines is 1. The van der Waals surface area contributed by atoms with E-state index >= 15 is 0 Å². The molecule has 22 heavy (non-hydrogen) atoms. The normalized spacial score (nSPS) is 20.2. The molecular weight excluding hydrogens is 318 g/mol. The van der Waals surface area contributed by atoms with Crippen LogP contribution in [0.5, 0.6) is 0 Å². The minimum atomic E-state index is 0.653. The summed E-state index contributed by atoms with van der Waals surface area (Å²) >= 11 is 8.20. The van der Waals surface area contributed by atoms with Crippen LogP contribution >= 0.6 is 23.5 Å². The van der Waals surface area contributed by atoms with Crippen LogP contribution in [-0.4, -0.2) is 62.6 Å². The Kier molecular flexibility index (Phi) is 5.88. The van der Waals surface area contributed by atoms with E-state index in [9.17, 15) is 0 Å². The van der Waals surface area contributed by atoms with Crippen molar-refractivity contribution in [2.24, 2.45) is 0 Å². The number of nitrogens with one attached hydrogen (secondary N) is 1. The number of nitrogens with zero attached hydrogens (tertiary/aromatic N) is 2. The zero-order valence-electron chi connectivity index (χ0n) is 13.1. The first-order valence-corrected chi connectivity index (χ1v) is 9.18. The SMILES string of the molecule is Cc1ccc(N2CCN(CCNSC3COC3)CC2)c(Cl)c1. The zero-order valence-corrected chi connectivity index (χ0v) is 14.6. The molecular formula is C16H24ClN3OS. The van der Waals surface area contributed by atoms with Gasteiger partial charge in [-0.3, -0.25) is 9.62 Å². The lowest BCUT2D eigenvalue weighted by Crippen LogP contribution is -2.48. The van der Waals surface area contributed by atoms with Crippen LogP contribution < -0.4 is 9.62 Å². The summed E-state index contributed by atoms with van der Waals surface area (Å²) in [6, 6.07) is 6.33. The number of hydrogen-bond donors (Lipinski definition) is 1. The van der Waals surface area contributed by atoms with Gasteiger partial charge in [-0.1, -0.05) is 29.6 Å². The van der Waals surface area contributed by atoms with Crippen molar-refractivity contribution in [2.45, 2.75) is 12.2 Å². The molecule has 0 amide bonds. The summed E-state index contributed by atoms with van der Waals surface area (Å²) in [4.78, 5) is 4.91. The molecule has 0 aromatic heterocycles. The highest BCUT2D eigenvalue weighted by molar-refractivity contribution is 7.98. The van der Waals surface area contributed by atoms with E-state index in [0.29, 0.717) is 5.25 Å². The number of benzene rings is 1. The van der Waals surface area contributed by atoms with Gasteiger partial charge in [0.15, 0.2) is 0 Å². The Morgan fingerprint density at radius 2 is 2.05 bits per heavy atom. The fourth-order valence-corrected chi connectivity index (χ4v) is 3.87. The standard InChI is InChI=1S/C16H24ClN3OS/c1-13-2-3-16(15(17)10-13)20-8-6-19(7-9-20)5-4-18-22-14-11-21-12-14/h2-3,10,14,18H,4-9,11-12H2,1H3. The third-order valence-electron chi connectivity index (χ3n) is 4.20. The molecule has 0 bridgehead atoms. The molecule has 1 N–H and O–H groups in total. The van der Waals surface area contributed by atoms with E-state index in [4.69, 9.17) is 16.3 Å². The molecule has 0 aliphatic carbocycles. The predicted molar refractivity (Wildman–Crippen MR) is 95.0 cm³/mol. The molecule has 0 spiro atoms. The van der Waals surface area contributed by atoms with Gasteiger partial charge in [0.25, 0.3) is 0 Å². The molecule has 2 saturated heterocycles. The van der Waals surface area contributed by atoms with Gasteiger partial charge >= 0.3 is 0 Å². The van der Waals surface area contributed by atoms with Crippen molar-refractivity contribution in [3.05, 3.63) is 28.8 Å². The molecule has 6 heteroatoms. The van der Waals surface area contributed by atoms with Gasteiger partial charge in [0.1, 0.15) is 0 Å². The third kappa shape index (κ3) is 4.30. The highest BCUT2D eigenvalue weighted by Crippen LogP contribution is 2.27. The van der Waals surface area contributed by atoms with Gasteiger partial charge in [-0.2, -0.15) is 0 Å². The van der Waals surface area contributed by atoms with Crippen molar-refractivity contribution in [1.29, 1.82) is 0 Å². The van der Waals surface area contributed by atoms with Crippen LogP contribution in [0.3, 0.4) is 0 Å². The Labute approximate surface area is 142 Å². The second kappa shape index (κ2) is 7.88. The van der Waals surface area contributed by atoms with Gasteiger partial charge in [0, 0.05) is 39.3 Å². The van der Waals surface area contributed by atoms with Crippen LogP contribution in [0.1, 0.15) is 5.56 Å². The van der Waals surface area contributed by atoms with E-state index in [2.05, 4.69) is 39.6 Å². The highest BCUT2D eigenvalue weighted by Gasteiger charge is 2.20. The molecule has 0 radical (unpaired) electrons. The fourth-order valence-electron chi connectivity index (χ4n) is 2.74. The number of piperazine rings is 1. The van der Waals surface area contributed by atoms with Crippen molar-refractivity contribution in [1.82, 2.24) is 9.62 Å². The average Bonchev–Trinajstić information content (AvgIpc) is 2.46. The average molecular weight is 342 g/mol. The van der Waals surface area contributed by atoms with Gasteiger partial charge < -0.3 is 9.64 Å². The summed E-state index contributed by atoms with van der Waals surface area (Å²) in [6.07, 6.45) is 0. The molecule has 0 unspecified atom stereocenters. The fraction of sp³-hybridized carbons (Fsp3) is 0.625. The predicted octanol–water partition coefficient (Wildman–Crippen LogP) is 2.41. The van der Waals surface area contributed by atoms with Gasteiger partial charge in [0.05, 0.1) is 29.2 Å². The Balaban J connectivity index is 1.38. The van der Waals surface area contributed by atoms with Gasteiger partial charge in [-0.25, -0.2) is 0 Å². The molecule has 4 nitrogen and oxygen atoms in total. The molecule has 0 atom stereocenters. The quantitative estimate of drug-likeness (QED) is 0.633. The molecule has 2 heterocycles. The number of hydrogen-bond acceptors (Lipinski definition) is 5. The lowest BCUT2D eigenvalue weighted by molar-refractivity contribution is 0.0452. The summed E-state index contributed by atoms with van der Waals surface area (Å²) in [5.74, 6) is 0. The molecule has 2 aliphatic heterocycles. The Morgan fingerprint density at radius 3 is 2.68 bits per heavy atom. The van der Waals surface area contributed by atoms with Crippen molar-refractivity contribution in [3.63, 3.8) is 0 Å². The molecule has 1 aromatic carbocycles.